The van der Waals surface area contributed by atoms with Crippen LogP contribution in [0.15, 0.2) is 51.4 Å². The van der Waals surface area contributed by atoms with E-state index in [9.17, 15) is 24.8 Å². The Morgan fingerprint density at radius 1 is 1.31 bits per heavy atom. The van der Waals surface area contributed by atoms with Crippen molar-refractivity contribution in [3.05, 3.63) is 95.2 Å². The highest BCUT2D eigenvalue weighted by Gasteiger charge is 2.34. The zero-order chi connectivity index (χ0) is 26.3. The molecule has 0 saturated carbocycles. The van der Waals surface area contributed by atoms with Crippen molar-refractivity contribution < 1.29 is 19.6 Å². The molecular weight excluding hydrogens is 712 g/mol. The second kappa shape index (κ2) is 10.4. The second-order valence-electron chi connectivity index (χ2n) is 7.93. The van der Waals surface area contributed by atoms with Gasteiger partial charge in [0.15, 0.2) is 4.80 Å². The average Bonchev–Trinajstić information content (AvgIpc) is 3.11. The summed E-state index contributed by atoms with van der Waals surface area (Å²) in [5.74, 6) is -0.595. The van der Waals surface area contributed by atoms with Gasteiger partial charge in [-0.25, -0.2) is 9.79 Å². The first-order chi connectivity index (χ1) is 17.0. The van der Waals surface area contributed by atoms with E-state index in [2.05, 4.69) is 27.6 Å². The fraction of sp³-hybridized carbons (Fsp3) is 0.208. The Bertz CT molecular complexity index is 1640. The minimum absolute atomic E-state index is 0.0518. The van der Waals surface area contributed by atoms with Crippen molar-refractivity contribution >= 4 is 74.3 Å². The molecule has 0 saturated heterocycles. The zero-order valence-electron chi connectivity index (χ0n) is 19.2. The summed E-state index contributed by atoms with van der Waals surface area (Å²) in [5, 5.41) is 22.2. The van der Waals surface area contributed by atoms with Gasteiger partial charge in [-0.15, -0.1) is 0 Å². The number of aromatic hydroxyl groups is 1. The van der Waals surface area contributed by atoms with Crippen molar-refractivity contribution in [2.24, 2.45) is 4.99 Å². The van der Waals surface area contributed by atoms with Gasteiger partial charge < -0.3 is 9.84 Å². The van der Waals surface area contributed by atoms with Crippen LogP contribution < -0.4 is 14.9 Å². The van der Waals surface area contributed by atoms with E-state index < -0.39 is 22.5 Å². The van der Waals surface area contributed by atoms with E-state index in [1.165, 1.54) is 10.6 Å². The topological polar surface area (TPSA) is 124 Å². The number of halogens is 2. The molecule has 2 aromatic carbocycles. The summed E-state index contributed by atoms with van der Waals surface area (Å²) in [6.07, 6.45) is 1.58. The van der Waals surface area contributed by atoms with Crippen molar-refractivity contribution in [1.29, 1.82) is 0 Å². The summed E-state index contributed by atoms with van der Waals surface area (Å²) in [5.41, 5.74) is 1.27. The van der Waals surface area contributed by atoms with Crippen molar-refractivity contribution in [3.63, 3.8) is 0 Å². The molecule has 1 aliphatic rings. The smallest absolute Gasteiger partial charge is 0.338 e. The van der Waals surface area contributed by atoms with Gasteiger partial charge in [0, 0.05) is 20.8 Å². The number of hydrogen-bond acceptors (Lipinski definition) is 8. The maximum atomic E-state index is 13.7. The summed E-state index contributed by atoms with van der Waals surface area (Å²) in [4.78, 5) is 42.7. The lowest BCUT2D eigenvalue weighted by Gasteiger charge is -2.24. The number of carbonyl (C=O) groups is 1. The monoisotopic (exact) mass is 731 g/mol. The molecule has 0 fully saturated rings. The van der Waals surface area contributed by atoms with E-state index in [1.54, 1.807) is 45.0 Å². The minimum Gasteiger partial charge on any atom is -0.506 e. The third-order valence-corrected chi connectivity index (χ3v) is 8.03. The van der Waals surface area contributed by atoms with E-state index in [4.69, 9.17) is 4.74 Å². The number of phenols is 1. The highest BCUT2D eigenvalue weighted by Crippen LogP contribution is 2.33. The van der Waals surface area contributed by atoms with Crippen molar-refractivity contribution in [3.8, 4) is 5.75 Å². The normalized spacial score (nSPS) is 15.5. The lowest BCUT2D eigenvalue weighted by molar-refractivity contribution is -0.385. The molecule has 1 N–H and O–H groups in total. The van der Waals surface area contributed by atoms with Gasteiger partial charge in [-0.2, -0.15) is 0 Å². The van der Waals surface area contributed by atoms with E-state index in [0.29, 0.717) is 35.3 Å². The quantitative estimate of drug-likeness (QED) is 0.184. The molecule has 0 amide bonds. The molecule has 2 heterocycles. The summed E-state index contributed by atoms with van der Waals surface area (Å²) >= 11 is 5.26. The Morgan fingerprint density at radius 2 is 2.03 bits per heavy atom. The van der Waals surface area contributed by atoms with Crippen LogP contribution in [0.2, 0.25) is 0 Å². The molecule has 1 atom stereocenters. The first-order valence-corrected chi connectivity index (χ1v) is 13.6. The van der Waals surface area contributed by atoms with Crippen LogP contribution in [0.1, 0.15) is 36.6 Å². The number of phenolic OH excluding ortho intramolecular Hbond substituents is 1. The molecule has 12 heteroatoms. The van der Waals surface area contributed by atoms with E-state index in [0.717, 1.165) is 14.9 Å². The van der Waals surface area contributed by atoms with Crippen LogP contribution in [-0.4, -0.2) is 27.2 Å². The van der Waals surface area contributed by atoms with Gasteiger partial charge >= 0.3 is 5.97 Å². The lowest BCUT2D eigenvalue weighted by atomic mass is 9.94. The van der Waals surface area contributed by atoms with Gasteiger partial charge in [-0.3, -0.25) is 19.5 Å². The van der Waals surface area contributed by atoms with Crippen LogP contribution in [0.3, 0.4) is 0 Å². The highest BCUT2D eigenvalue weighted by molar-refractivity contribution is 14.1. The molecular formula is C24H19I2N3O6S. The first kappa shape index (κ1) is 26.5. The van der Waals surface area contributed by atoms with Gasteiger partial charge in [-0.1, -0.05) is 23.5 Å². The highest BCUT2D eigenvalue weighted by atomic mass is 127. The number of nitro groups is 1. The predicted molar refractivity (Wildman–Crippen MR) is 152 cm³/mol. The molecule has 0 spiro atoms. The van der Waals surface area contributed by atoms with E-state index in [-0.39, 0.29) is 23.6 Å². The van der Waals surface area contributed by atoms with Crippen LogP contribution in [0, 0.1) is 24.2 Å². The van der Waals surface area contributed by atoms with Gasteiger partial charge in [0.25, 0.3) is 11.2 Å². The number of esters is 1. The van der Waals surface area contributed by atoms with Gasteiger partial charge in [0.05, 0.1) is 36.9 Å². The van der Waals surface area contributed by atoms with Crippen molar-refractivity contribution in [2.45, 2.75) is 26.8 Å². The average molecular weight is 731 g/mol. The minimum atomic E-state index is -0.966. The number of nitrogens with zero attached hydrogens (tertiary/aromatic N) is 3. The van der Waals surface area contributed by atoms with Crippen LogP contribution in [-0.2, 0) is 9.53 Å². The number of hydrogen-bond donors (Lipinski definition) is 1. The summed E-state index contributed by atoms with van der Waals surface area (Å²) in [6, 6.07) is 7.24. The molecule has 0 radical (unpaired) electrons. The Morgan fingerprint density at radius 3 is 2.69 bits per heavy atom. The maximum Gasteiger partial charge on any atom is 0.338 e. The van der Waals surface area contributed by atoms with Crippen LogP contribution in [0.4, 0.5) is 5.69 Å². The van der Waals surface area contributed by atoms with Crippen molar-refractivity contribution in [1.82, 2.24) is 4.57 Å². The molecule has 1 aliphatic heterocycles. The SMILES string of the molecule is CCOC(=O)C1=C(C)N=c2s/c(=C/c3cc(I)cc(I)c3O)c(=O)n2[C@H]1c1ccc(C)c([N+](=O)[O-])c1. The number of thiazole rings is 1. The lowest BCUT2D eigenvalue weighted by Crippen LogP contribution is -2.40. The first-order valence-electron chi connectivity index (χ1n) is 10.7. The van der Waals surface area contributed by atoms with Crippen LogP contribution in [0.25, 0.3) is 6.08 Å². The number of allylic oxidation sites excluding steroid dienone is 1. The number of fused-ring (bicyclic) bond motifs is 1. The fourth-order valence-electron chi connectivity index (χ4n) is 3.94. The Balaban J connectivity index is 2.02. The molecule has 0 unspecified atom stereocenters. The molecule has 36 heavy (non-hydrogen) atoms. The molecule has 0 bridgehead atoms. The third-order valence-electron chi connectivity index (χ3n) is 5.61. The number of aryl methyl sites for hydroxylation is 1. The molecule has 9 nitrogen and oxygen atoms in total. The summed E-state index contributed by atoms with van der Waals surface area (Å²) in [7, 11) is 0. The zero-order valence-corrected chi connectivity index (χ0v) is 24.4. The van der Waals surface area contributed by atoms with E-state index in [1.807, 2.05) is 28.7 Å². The van der Waals surface area contributed by atoms with Gasteiger partial charge in [0.2, 0.25) is 0 Å². The summed E-state index contributed by atoms with van der Waals surface area (Å²) < 4.78 is 8.45. The number of aromatic nitrogens is 1. The van der Waals surface area contributed by atoms with E-state index >= 15 is 0 Å². The molecule has 0 aliphatic carbocycles. The summed E-state index contributed by atoms with van der Waals surface area (Å²) in [6.45, 7) is 5.05. The fourth-order valence-corrected chi connectivity index (χ4v) is 6.86. The number of carbonyl (C=O) groups excluding carboxylic acids is 1. The Hall–Kier alpha value is -2.59. The third kappa shape index (κ3) is 4.85. The number of benzene rings is 2. The number of nitro benzene ring substituents is 1. The maximum absolute atomic E-state index is 13.7. The largest absolute Gasteiger partial charge is 0.506 e. The molecule has 1 aromatic heterocycles. The molecule has 4 rings (SSSR count). The van der Waals surface area contributed by atoms with Crippen LogP contribution in [0.5, 0.6) is 5.75 Å². The second-order valence-corrected chi connectivity index (χ2v) is 11.3. The Kier molecular flexibility index (Phi) is 7.66. The molecule has 3 aromatic rings. The van der Waals surface area contributed by atoms with Gasteiger partial charge in [-0.05, 0) is 89.7 Å². The predicted octanol–water partition coefficient (Wildman–Crippen LogP) is 3.93. The van der Waals surface area contributed by atoms with Crippen molar-refractivity contribution in [2.75, 3.05) is 6.61 Å². The standard InChI is InChI=1S/C24H19I2N3O6S/c1-4-35-23(32)19-12(3)27-24-28(20(19)13-6-5-11(2)17(8-13)29(33)34)22(31)18(36-24)9-14-7-15(25)10-16(26)21(14)30/h5-10,20,30H,4H2,1-3H3/b18-9+/t20-/m0/s1. The molecule has 186 valence electrons. The number of ether oxygens (including phenoxy) is 1. The Labute approximate surface area is 236 Å². The van der Waals surface area contributed by atoms with Crippen LogP contribution >= 0.6 is 56.5 Å². The number of rotatable bonds is 5. The van der Waals surface area contributed by atoms with Gasteiger partial charge in [0.1, 0.15) is 5.75 Å².